The van der Waals surface area contributed by atoms with Gasteiger partial charge in [0.25, 0.3) is 0 Å². The summed E-state index contributed by atoms with van der Waals surface area (Å²) in [6.45, 7) is 4.99. The first-order valence-corrected chi connectivity index (χ1v) is 6.75. The molecule has 1 rings (SSSR count). The van der Waals surface area contributed by atoms with Crippen molar-refractivity contribution in [3.8, 4) is 0 Å². The van der Waals surface area contributed by atoms with Crippen molar-refractivity contribution in [2.24, 2.45) is 11.7 Å². The van der Waals surface area contributed by atoms with Crippen LogP contribution in [0.3, 0.4) is 0 Å². The van der Waals surface area contributed by atoms with Gasteiger partial charge in [-0.15, -0.1) is 0 Å². The highest BCUT2D eigenvalue weighted by Crippen LogP contribution is 2.13. The molecule has 3 N–H and O–H groups in total. The predicted octanol–water partition coefficient (Wildman–Crippen LogP) is 2.11. The van der Waals surface area contributed by atoms with Crippen molar-refractivity contribution in [1.29, 1.82) is 0 Å². The summed E-state index contributed by atoms with van der Waals surface area (Å²) in [5.41, 5.74) is 6.74. The average Bonchev–Trinajstić information content (AvgIpc) is 2.39. The maximum absolute atomic E-state index is 11.5. The van der Waals surface area contributed by atoms with E-state index in [9.17, 15) is 4.79 Å². The van der Waals surface area contributed by atoms with E-state index in [-0.39, 0.29) is 11.9 Å². The van der Waals surface area contributed by atoms with Crippen LogP contribution in [0.5, 0.6) is 0 Å². The summed E-state index contributed by atoms with van der Waals surface area (Å²) in [6.07, 6.45) is 2.87. The highest BCUT2D eigenvalue weighted by Gasteiger charge is 2.22. The van der Waals surface area contributed by atoms with Crippen molar-refractivity contribution in [1.82, 2.24) is 5.32 Å². The van der Waals surface area contributed by atoms with Gasteiger partial charge in [0.05, 0.1) is 6.04 Å². The summed E-state index contributed by atoms with van der Waals surface area (Å²) in [7, 11) is 0. The molecule has 1 aromatic rings. The first-order chi connectivity index (χ1) is 8.69. The van der Waals surface area contributed by atoms with Crippen LogP contribution in [-0.2, 0) is 11.2 Å². The highest BCUT2D eigenvalue weighted by atomic mass is 16.1. The molecule has 0 heterocycles. The normalized spacial score (nSPS) is 12.6. The monoisotopic (exact) mass is 248 g/mol. The first kappa shape index (κ1) is 14.7. The van der Waals surface area contributed by atoms with Gasteiger partial charge in [0.1, 0.15) is 0 Å². The fourth-order valence-electron chi connectivity index (χ4n) is 2.28. The quantitative estimate of drug-likeness (QED) is 0.740. The minimum absolute atomic E-state index is 0.205. The van der Waals surface area contributed by atoms with Crippen LogP contribution in [-0.4, -0.2) is 18.5 Å². The molecular weight excluding hydrogens is 224 g/mol. The summed E-state index contributed by atoms with van der Waals surface area (Å²) >= 11 is 0. The maximum atomic E-state index is 11.5. The van der Waals surface area contributed by atoms with Gasteiger partial charge in [0, 0.05) is 0 Å². The van der Waals surface area contributed by atoms with E-state index in [2.05, 4.69) is 31.3 Å². The Morgan fingerprint density at radius 2 is 1.83 bits per heavy atom. The molecule has 0 radical (unpaired) electrons. The van der Waals surface area contributed by atoms with Crippen LogP contribution >= 0.6 is 0 Å². The Bertz CT molecular complexity index is 347. The van der Waals surface area contributed by atoms with E-state index < -0.39 is 0 Å². The Morgan fingerprint density at radius 1 is 1.22 bits per heavy atom. The van der Waals surface area contributed by atoms with Crippen LogP contribution in [0.25, 0.3) is 0 Å². The van der Waals surface area contributed by atoms with E-state index in [1.54, 1.807) is 0 Å². The van der Waals surface area contributed by atoms with Gasteiger partial charge < -0.3 is 11.1 Å². The molecule has 1 aromatic carbocycles. The fourth-order valence-corrected chi connectivity index (χ4v) is 2.28. The molecule has 3 heteroatoms. The molecule has 100 valence electrons. The number of nitrogens with one attached hydrogen (secondary N) is 1. The number of nitrogens with two attached hydrogens (primary N) is 1. The lowest BCUT2D eigenvalue weighted by Gasteiger charge is -2.23. The number of rotatable bonds is 8. The van der Waals surface area contributed by atoms with Crippen molar-refractivity contribution in [3.63, 3.8) is 0 Å². The van der Waals surface area contributed by atoms with Crippen molar-refractivity contribution in [2.45, 2.75) is 39.2 Å². The highest BCUT2D eigenvalue weighted by molar-refractivity contribution is 5.80. The maximum Gasteiger partial charge on any atom is 0.234 e. The molecule has 0 aliphatic carbocycles. The third-order valence-electron chi connectivity index (χ3n) is 3.45. The average molecular weight is 248 g/mol. The van der Waals surface area contributed by atoms with Crippen LogP contribution in [0.4, 0.5) is 0 Å². The molecule has 0 aliphatic heterocycles. The van der Waals surface area contributed by atoms with Crippen molar-refractivity contribution >= 4 is 5.91 Å². The SMILES string of the molecule is CCC(CC)[C@H](NCCc1ccccc1)C(N)=O. The van der Waals surface area contributed by atoms with Gasteiger partial charge in [0.2, 0.25) is 5.91 Å². The first-order valence-electron chi connectivity index (χ1n) is 6.75. The van der Waals surface area contributed by atoms with Crippen molar-refractivity contribution in [3.05, 3.63) is 35.9 Å². The molecule has 0 saturated heterocycles. The summed E-state index contributed by atoms with van der Waals surface area (Å²) in [6, 6.07) is 10.1. The zero-order chi connectivity index (χ0) is 13.4. The third-order valence-corrected chi connectivity index (χ3v) is 3.45. The van der Waals surface area contributed by atoms with Crippen LogP contribution < -0.4 is 11.1 Å². The molecule has 0 bridgehead atoms. The Hall–Kier alpha value is -1.35. The second-order valence-electron chi connectivity index (χ2n) is 4.65. The molecule has 3 nitrogen and oxygen atoms in total. The Kier molecular flexibility index (Phi) is 6.44. The predicted molar refractivity (Wildman–Crippen MR) is 75.2 cm³/mol. The molecule has 0 fully saturated rings. The van der Waals surface area contributed by atoms with E-state index in [4.69, 9.17) is 5.73 Å². The van der Waals surface area contributed by atoms with Gasteiger partial charge >= 0.3 is 0 Å². The lowest BCUT2D eigenvalue weighted by atomic mass is 9.93. The summed E-state index contributed by atoms with van der Waals surface area (Å²) in [5, 5.41) is 3.30. The van der Waals surface area contributed by atoms with Crippen LogP contribution in [0.2, 0.25) is 0 Å². The second-order valence-corrected chi connectivity index (χ2v) is 4.65. The summed E-state index contributed by atoms with van der Waals surface area (Å²) < 4.78 is 0. The van der Waals surface area contributed by atoms with E-state index in [0.717, 1.165) is 25.8 Å². The van der Waals surface area contributed by atoms with Gasteiger partial charge in [-0.1, -0.05) is 57.0 Å². The molecule has 1 amide bonds. The second kappa shape index (κ2) is 7.88. The van der Waals surface area contributed by atoms with Crippen LogP contribution in [0, 0.1) is 5.92 Å². The summed E-state index contributed by atoms with van der Waals surface area (Å²) in [5.74, 6) is 0.0926. The molecule has 0 aromatic heterocycles. The van der Waals surface area contributed by atoms with E-state index in [1.807, 2.05) is 18.2 Å². The van der Waals surface area contributed by atoms with Crippen molar-refractivity contribution < 1.29 is 4.79 Å². The number of benzene rings is 1. The van der Waals surface area contributed by atoms with Gasteiger partial charge in [-0.25, -0.2) is 0 Å². The largest absolute Gasteiger partial charge is 0.368 e. The topological polar surface area (TPSA) is 55.1 Å². The molecule has 0 aliphatic rings. The van der Waals surface area contributed by atoms with Crippen LogP contribution in [0.1, 0.15) is 32.3 Å². The van der Waals surface area contributed by atoms with Gasteiger partial charge in [-0.3, -0.25) is 4.79 Å². The molecule has 18 heavy (non-hydrogen) atoms. The third kappa shape index (κ3) is 4.49. The lowest BCUT2D eigenvalue weighted by molar-refractivity contribution is -0.121. The van der Waals surface area contributed by atoms with Crippen molar-refractivity contribution in [2.75, 3.05) is 6.54 Å². The molecule has 1 atom stereocenters. The number of hydrogen-bond acceptors (Lipinski definition) is 2. The Morgan fingerprint density at radius 3 is 2.33 bits per heavy atom. The Labute approximate surface area is 110 Å². The fraction of sp³-hybridized carbons (Fsp3) is 0.533. The van der Waals surface area contributed by atoms with E-state index >= 15 is 0 Å². The molecular formula is C15H24N2O. The number of primary amides is 1. The Balaban J connectivity index is 2.45. The standard InChI is InChI=1S/C15H24N2O/c1-3-13(4-2)14(15(16)18)17-11-10-12-8-6-5-7-9-12/h5-9,13-14,17H,3-4,10-11H2,1-2H3,(H2,16,18)/t14-/m0/s1. The minimum atomic E-state index is -0.239. The molecule has 0 saturated carbocycles. The van der Waals surface area contributed by atoms with E-state index in [0.29, 0.717) is 5.92 Å². The number of carbonyl (C=O) groups is 1. The zero-order valence-electron chi connectivity index (χ0n) is 11.4. The van der Waals surface area contributed by atoms with Crippen LogP contribution in [0.15, 0.2) is 30.3 Å². The number of hydrogen-bond donors (Lipinski definition) is 2. The van der Waals surface area contributed by atoms with Gasteiger partial charge in [0.15, 0.2) is 0 Å². The number of carbonyl (C=O) groups excluding carboxylic acids is 1. The zero-order valence-corrected chi connectivity index (χ0v) is 11.4. The lowest BCUT2D eigenvalue weighted by Crippen LogP contribution is -2.47. The summed E-state index contributed by atoms with van der Waals surface area (Å²) in [4.78, 5) is 11.5. The number of amides is 1. The minimum Gasteiger partial charge on any atom is -0.368 e. The van der Waals surface area contributed by atoms with E-state index in [1.165, 1.54) is 5.56 Å². The molecule has 0 unspecified atom stereocenters. The smallest absolute Gasteiger partial charge is 0.234 e. The van der Waals surface area contributed by atoms with Gasteiger partial charge in [-0.05, 0) is 24.4 Å². The van der Waals surface area contributed by atoms with Gasteiger partial charge in [-0.2, -0.15) is 0 Å². The molecule has 0 spiro atoms.